The molecule has 2 atom stereocenters. The minimum atomic E-state index is -4.38. The highest BCUT2D eigenvalue weighted by Crippen LogP contribution is 2.42. The number of hydrogen-bond donors (Lipinski definition) is 3. The number of rotatable bonds is 31. The molecule has 0 aliphatic heterocycles. The predicted molar refractivity (Wildman–Crippen MR) is 165 cm³/mol. The van der Waals surface area contributed by atoms with Gasteiger partial charge in [-0.1, -0.05) is 129 Å². The second kappa shape index (κ2) is 29.1. The van der Waals surface area contributed by atoms with Crippen LogP contribution in [0.2, 0.25) is 0 Å². The van der Waals surface area contributed by atoms with Crippen molar-refractivity contribution in [1.29, 1.82) is 0 Å². The van der Waals surface area contributed by atoms with Gasteiger partial charge in [0.25, 0.3) is 0 Å². The van der Waals surface area contributed by atoms with E-state index in [4.69, 9.17) is 13.8 Å². The van der Waals surface area contributed by atoms with Gasteiger partial charge in [-0.15, -0.1) is 0 Å². The number of aliphatic hydroxyl groups is 1. The van der Waals surface area contributed by atoms with E-state index in [0.717, 1.165) is 38.5 Å². The van der Waals surface area contributed by atoms with Crippen LogP contribution in [0.5, 0.6) is 0 Å². The Balaban J connectivity index is 3.52. The molecule has 10 heteroatoms. The molecule has 0 aromatic carbocycles. The number of carbonyl (C=O) groups excluding carboxylic acids is 2. The van der Waals surface area contributed by atoms with E-state index >= 15 is 0 Å². The molecule has 0 aliphatic carbocycles. The lowest BCUT2D eigenvalue weighted by Crippen LogP contribution is -2.27. The van der Waals surface area contributed by atoms with Crippen molar-refractivity contribution in [2.75, 3.05) is 26.4 Å². The maximum Gasteiger partial charge on any atom is 0.472 e. The van der Waals surface area contributed by atoms with Gasteiger partial charge in [0.15, 0.2) is 0 Å². The van der Waals surface area contributed by atoms with Gasteiger partial charge in [0.05, 0.1) is 13.2 Å². The molecule has 0 aliphatic rings. The Morgan fingerprint density at radius 2 is 1.10 bits per heavy atom. The molecule has 9 nitrogen and oxygen atoms in total. The number of ether oxygens (including phenoxy) is 1. The third kappa shape index (κ3) is 30.3. The van der Waals surface area contributed by atoms with Gasteiger partial charge >= 0.3 is 13.8 Å². The van der Waals surface area contributed by atoms with E-state index < -0.39 is 26.5 Å². The van der Waals surface area contributed by atoms with Crippen molar-refractivity contribution in [3.05, 3.63) is 0 Å². The number of unbranched alkanes of at least 4 members (excludes halogenated alkanes) is 18. The van der Waals surface area contributed by atoms with Gasteiger partial charge in [0.1, 0.15) is 12.7 Å². The number of phosphoric ester groups is 1. The van der Waals surface area contributed by atoms with Gasteiger partial charge in [-0.05, 0) is 12.8 Å². The van der Waals surface area contributed by atoms with Crippen molar-refractivity contribution in [3.8, 4) is 0 Å². The highest BCUT2D eigenvalue weighted by molar-refractivity contribution is 7.47. The summed E-state index contributed by atoms with van der Waals surface area (Å²) in [5.41, 5.74) is 0. The highest BCUT2D eigenvalue weighted by atomic mass is 31.2. The first-order valence-corrected chi connectivity index (χ1v) is 18.0. The Bertz CT molecular complexity index is 664. The average molecular weight is 608 g/mol. The fourth-order valence-electron chi connectivity index (χ4n) is 4.50. The molecule has 0 aromatic heterocycles. The van der Waals surface area contributed by atoms with E-state index in [1.54, 1.807) is 0 Å². The third-order valence-corrected chi connectivity index (χ3v) is 8.02. The second-order valence-electron chi connectivity index (χ2n) is 11.1. The Morgan fingerprint density at radius 1 is 0.659 bits per heavy atom. The van der Waals surface area contributed by atoms with Crippen LogP contribution in [0.15, 0.2) is 0 Å². The molecule has 3 N–H and O–H groups in total. The van der Waals surface area contributed by atoms with Crippen LogP contribution in [0.4, 0.5) is 0 Å². The minimum Gasteiger partial charge on any atom is -0.463 e. The first kappa shape index (κ1) is 40.0. The van der Waals surface area contributed by atoms with E-state index in [9.17, 15) is 24.2 Å². The molecule has 244 valence electrons. The van der Waals surface area contributed by atoms with Crippen LogP contribution in [0.25, 0.3) is 0 Å². The molecule has 0 rings (SSSR count). The van der Waals surface area contributed by atoms with Crippen LogP contribution in [-0.4, -0.2) is 54.3 Å². The maximum absolute atomic E-state index is 11.9. The largest absolute Gasteiger partial charge is 0.472 e. The van der Waals surface area contributed by atoms with E-state index in [2.05, 4.69) is 12.2 Å². The number of nitrogens with one attached hydrogen (secondary N) is 1. The lowest BCUT2D eigenvalue weighted by molar-refractivity contribution is -0.147. The normalized spacial score (nSPS) is 13.6. The van der Waals surface area contributed by atoms with Crippen LogP contribution in [0.1, 0.15) is 155 Å². The summed E-state index contributed by atoms with van der Waals surface area (Å²) in [6.45, 7) is 3.35. The van der Waals surface area contributed by atoms with Crippen molar-refractivity contribution in [2.45, 2.75) is 161 Å². The highest BCUT2D eigenvalue weighted by Gasteiger charge is 2.23. The first-order valence-electron chi connectivity index (χ1n) is 16.5. The molecule has 0 spiro atoms. The first-order chi connectivity index (χ1) is 19.8. The van der Waals surface area contributed by atoms with Gasteiger partial charge in [-0.25, -0.2) is 4.57 Å². The molecular weight excluding hydrogens is 545 g/mol. The van der Waals surface area contributed by atoms with Crippen LogP contribution in [0.3, 0.4) is 0 Å². The molecule has 0 fully saturated rings. The molecule has 0 bridgehead atoms. The van der Waals surface area contributed by atoms with Crippen molar-refractivity contribution in [2.24, 2.45) is 0 Å². The minimum absolute atomic E-state index is 0.0869. The zero-order valence-corrected chi connectivity index (χ0v) is 27.1. The monoisotopic (exact) mass is 607 g/mol. The summed E-state index contributed by atoms with van der Waals surface area (Å²) in [6.07, 6.45) is 24.1. The maximum atomic E-state index is 11.9. The summed E-state index contributed by atoms with van der Waals surface area (Å²) in [7, 11) is -4.38. The average Bonchev–Trinajstić information content (AvgIpc) is 2.95. The Morgan fingerprint density at radius 3 is 1.61 bits per heavy atom. The predicted octanol–water partition coefficient (Wildman–Crippen LogP) is 7.76. The van der Waals surface area contributed by atoms with E-state index in [-0.39, 0.29) is 32.1 Å². The fraction of sp³-hybridized carbons (Fsp3) is 0.935. The quantitative estimate of drug-likeness (QED) is 0.0414. The van der Waals surface area contributed by atoms with Gasteiger partial charge in [-0.2, -0.15) is 0 Å². The molecule has 41 heavy (non-hydrogen) atoms. The molecule has 0 radical (unpaired) electrons. The molecule has 1 amide bonds. The van der Waals surface area contributed by atoms with E-state index in [1.165, 1.54) is 89.9 Å². The number of amides is 1. The summed E-state index contributed by atoms with van der Waals surface area (Å²) in [5, 5.41) is 12.4. The van der Waals surface area contributed by atoms with Gasteiger partial charge < -0.3 is 20.1 Å². The van der Waals surface area contributed by atoms with Crippen LogP contribution >= 0.6 is 7.82 Å². The number of carbonyl (C=O) groups is 2. The van der Waals surface area contributed by atoms with Gasteiger partial charge in [-0.3, -0.25) is 18.6 Å². The molecule has 0 heterocycles. The lowest BCUT2D eigenvalue weighted by atomic mass is 10.0. The van der Waals surface area contributed by atoms with E-state index in [0.29, 0.717) is 6.42 Å². The Kier molecular flexibility index (Phi) is 28.4. The SMILES string of the molecule is CCCCCCCCCCCCCCCCCCCC(=O)NCCOP(=O)(O)OCC(O)COC(=O)CCCCC. The molecule has 0 aromatic rings. The summed E-state index contributed by atoms with van der Waals surface area (Å²) in [5.74, 6) is -0.536. The summed E-state index contributed by atoms with van der Waals surface area (Å²) in [6, 6.07) is 0. The summed E-state index contributed by atoms with van der Waals surface area (Å²) < 4.78 is 26.4. The second-order valence-corrected chi connectivity index (χ2v) is 12.6. The van der Waals surface area contributed by atoms with Crippen molar-refractivity contribution in [3.63, 3.8) is 0 Å². The van der Waals surface area contributed by atoms with Crippen LogP contribution in [0, 0.1) is 0 Å². The van der Waals surface area contributed by atoms with Crippen molar-refractivity contribution >= 4 is 19.7 Å². The fourth-order valence-corrected chi connectivity index (χ4v) is 5.25. The third-order valence-electron chi connectivity index (χ3n) is 7.04. The molecular formula is C31H62NO8P. The van der Waals surface area contributed by atoms with Crippen molar-refractivity contribution < 1.29 is 37.9 Å². The number of aliphatic hydroxyl groups excluding tert-OH is 1. The van der Waals surface area contributed by atoms with Crippen LogP contribution < -0.4 is 5.32 Å². The number of phosphoric acid groups is 1. The molecule has 2 unspecified atom stereocenters. The Hall–Kier alpha value is -0.990. The lowest BCUT2D eigenvalue weighted by Gasteiger charge is -2.15. The number of esters is 1. The Labute approximate surface area is 250 Å². The standard InChI is InChI=1S/C31H62NO8P/c1-3-5-7-8-9-10-11-12-13-14-15-16-17-18-19-20-22-23-30(34)32-25-26-39-41(36,37)40-28-29(33)27-38-31(35)24-21-6-4-2/h29,33H,3-28H2,1-2H3,(H,32,34)(H,36,37). The van der Waals surface area contributed by atoms with E-state index in [1.807, 2.05) is 6.92 Å². The number of hydrogen-bond acceptors (Lipinski definition) is 7. The summed E-state index contributed by atoms with van der Waals surface area (Å²) >= 11 is 0. The van der Waals surface area contributed by atoms with Crippen LogP contribution in [-0.2, 0) is 27.9 Å². The summed E-state index contributed by atoms with van der Waals surface area (Å²) in [4.78, 5) is 33.2. The van der Waals surface area contributed by atoms with Crippen molar-refractivity contribution in [1.82, 2.24) is 5.32 Å². The topological polar surface area (TPSA) is 131 Å². The van der Waals surface area contributed by atoms with Gasteiger partial charge in [0, 0.05) is 19.4 Å². The van der Waals surface area contributed by atoms with Gasteiger partial charge in [0.2, 0.25) is 5.91 Å². The zero-order valence-electron chi connectivity index (χ0n) is 26.3. The molecule has 0 saturated heterocycles. The smallest absolute Gasteiger partial charge is 0.463 e. The molecule has 0 saturated carbocycles. The zero-order chi connectivity index (χ0) is 30.4.